The third kappa shape index (κ3) is 1.65. The SMILES string of the molecule is C=Cc1ccc(N2C[C@@H]3C(CO)[C@@H]3C2)nc1C. The molecule has 1 N–H and O–H groups in total. The third-order valence-electron chi connectivity index (χ3n) is 4.24. The number of aromatic nitrogens is 1. The Kier molecular flexibility index (Phi) is 2.44. The first-order valence-electron chi connectivity index (χ1n) is 6.20. The molecule has 2 fully saturated rings. The van der Waals surface area contributed by atoms with Gasteiger partial charge in [0.15, 0.2) is 0 Å². The second-order valence-electron chi connectivity index (χ2n) is 5.13. The minimum Gasteiger partial charge on any atom is -0.396 e. The van der Waals surface area contributed by atoms with Crippen LogP contribution in [-0.4, -0.2) is 29.8 Å². The van der Waals surface area contributed by atoms with Crippen molar-refractivity contribution < 1.29 is 5.11 Å². The molecule has 0 aromatic carbocycles. The average Bonchev–Trinajstić information content (AvgIpc) is 2.81. The predicted molar refractivity (Wildman–Crippen MR) is 68.8 cm³/mol. The number of piperidine rings is 1. The summed E-state index contributed by atoms with van der Waals surface area (Å²) >= 11 is 0. The summed E-state index contributed by atoms with van der Waals surface area (Å²) in [6.45, 7) is 8.25. The van der Waals surface area contributed by atoms with Gasteiger partial charge >= 0.3 is 0 Å². The normalized spacial score (nSPS) is 30.2. The fraction of sp³-hybridized carbons (Fsp3) is 0.500. The van der Waals surface area contributed by atoms with E-state index < -0.39 is 0 Å². The van der Waals surface area contributed by atoms with Gasteiger partial charge in [-0.2, -0.15) is 0 Å². The molecular weight excluding hydrogens is 212 g/mol. The highest BCUT2D eigenvalue weighted by molar-refractivity contribution is 5.54. The molecular formula is C14H18N2O. The number of aliphatic hydroxyl groups is 1. The lowest BCUT2D eigenvalue weighted by atomic mass is 10.2. The van der Waals surface area contributed by atoms with Gasteiger partial charge in [-0.05, 0) is 42.4 Å². The molecule has 1 aromatic rings. The van der Waals surface area contributed by atoms with Crippen molar-refractivity contribution >= 4 is 11.9 Å². The Hall–Kier alpha value is -1.35. The smallest absolute Gasteiger partial charge is 0.128 e. The van der Waals surface area contributed by atoms with Crippen LogP contribution in [0.15, 0.2) is 18.7 Å². The van der Waals surface area contributed by atoms with E-state index in [1.54, 1.807) is 0 Å². The van der Waals surface area contributed by atoms with Gasteiger partial charge in [0, 0.05) is 25.4 Å². The van der Waals surface area contributed by atoms with Crippen molar-refractivity contribution in [3.05, 3.63) is 30.0 Å². The molecule has 0 radical (unpaired) electrons. The Morgan fingerprint density at radius 3 is 2.71 bits per heavy atom. The van der Waals surface area contributed by atoms with E-state index >= 15 is 0 Å². The summed E-state index contributed by atoms with van der Waals surface area (Å²) in [7, 11) is 0. The van der Waals surface area contributed by atoms with Crippen molar-refractivity contribution in [2.45, 2.75) is 6.92 Å². The highest BCUT2D eigenvalue weighted by Gasteiger charge is 2.55. The van der Waals surface area contributed by atoms with E-state index in [9.17, 15) is 0 Å². The van der Waals surface area contributed by atoms with Crippen LogP contribution in [0.25, 0.3) is 6.08 Å². The number of aryl methyl sites for hydroxylation is 1. The first-order chi connectivity index (χ1) is 8.24. The number of nitrogens with zero attached hydrogens (tertiary/aromatic N) is 2. The molecule has 2 aliphatic rings. The van der Waals surface area contributed by atoms with E-state index in [0.29, 0.717) is 24.4 Å². The van der Waals surface area contributed by atoms with Gasteiger partial charge in [-0.25, -0.2) is 4.98 Å². The number of aliphatic hydroxyl groups excluding tert-OH is 1. The zero-order valence-electron chi connectivity index (χ0n) is 10.1. The number of hydrogen-bond donors (Lipinski definition) is 1. The molecule has 3 atom stereocenters. The molecule has 3 heteroatoms. The van der Waals surface area contributed by atoms with E-state index in [4.69, 9.17) is 5.11 Å². The zero-order chi connectivity index (χ0) is 12.0. The molecule has 3 rings (SSSR count). The molecule has 1 saturated heterocycles. The van der Waals surface area contributed by atoms with Crippen molar-refractivity contribution in [2.75, 3.05) is 24.6 Å². The summed E-state index contributed by atoms with van der Waals surface area (Å²) in [4.78, 5) is 6.96. The topological polar surface area (TPSA) is 36.4 Å². The van der Waals surface area contributed by atoms with Gasteiger partial charge in [0.1, 0.15) is 5.82 Å². The maximum atomic E-state index is 9.14. The van der Waals surface area contributed by atoms with Crippen LogP contribution in [0.1, 0.15) is 11.3 Å². The van der Waals surface area contributed by atoms with Gasteiger partial charge in [-0.1, -0.05) is 12.7 Å². The number of pyridine rings is 1. The van der Waals surface area contributed by atoms with E-state index in [1.165, 1.54) is 0 Å². The molecule has 1 saturated carbocycles. The van der Waals surface area contributed by atoms with Crippen molar-refractivity contribution in [1.29, 1.82) is 0 Å². The molecule has 0 spiro atoms. The maximum Gasteiger partial charge on any atom is 0.128 e. The molecule has 2 heterocycles. The van der Waals surface area contributed by atoms with Crippen molar-refractivity contribution in [3.8, 4) is 0 Å². The molecule has 17 heavy (non-hydrogen) atoms. The van der Waals surface area contributed by atoms with E-state index in [1.807, 2.05) is 13.0 Å². The second kappa shape index (κ2) is 3.84. The summed E-state index contributed by atoms with van der Waals surface area (Å²) in [5, 5.41) is 9.14. The van der Waals surface area contributed by atoms with Crippen LogP contribution < -0.4 is 4.90 Å². The first-order valence-corrected chi connectivity index (χ1v) is 6.20. The van der Waals surface area contributed by atoms with Crippen molar-refractivity contribution in [2.24, 2.45) is 17.8 Å². The molecule has 3 nitrogen and oxygen atoms in total. The zero-order valence-corrected chi connectivity index (χ0v) is 10.1. The van der Waals surface area contributed by atoms with Gasteiger partial charge < -0.3 is 10.0 Å². The lowest BCUT2D eigenvalue weighted by Crippen LogP contribution is -2.25. The van der Waals surface area contributed by atoms with E-state index in [-0.39, 0.29) is 0 Å². The van der Waals surface area contributed by atoms with Gasteiger partial charge in [0.05, 0.1) is 0 Å². The fourth-order valence-corrected chi connectivity index (χ4v) is 3.06. The monoisotopic (exact) mass is 230 g/mol. The summed E-state index contributed by atoms with van der Waals surface area (Å²) < 4.78 is 0. The minimum absolute atomic E-state index is 0.352. The summed E-state index contributed by atoms with van der Waals surface area (Å²) in [6.07, 6.45) is 1.84. The highest BCUT2D eigenvalue weighted by atomic mass is 16.3. The number of rotatable bonds is 3. The molecule has 0 bridgehead atoms. The Labute approximate surface area is 102 Å². The van der Waals surface area contributed by atoms with Crippen molar-refractivity contribution in [1.82, 2.24) is 4.98 Å². The Bertz CT molecular complexity index is 446. The molecule has 90 valence electrons. The third-order valence-corrected chi connectivity index (χ3v) is 4.24. The summed E-state index contributed by atoms with van der Waals surface area (Å²) in [6, 6.07) is 4.15. The van der Waals surface area contributed by atoms with Crippen LogP contribution in [0, 0.1) is 24.7 Å². The van der Waals surface area contributed by atoms with Gasteiger partial charge in [0.2, 0.25) is 0 Å². The second-order valence-corrected chi connectivity index (χ2v) is 5.13. The van der Waals surface area contributed by atoms with Gasteiger partial charge in [-0.3, -0.25) is 0 Å². The molecule has 0 amide bonds. The lowest BCUT2D eigenvalue weighted by molar-refractivity contribution is 0.260. The van der Waals surface area contributed by atoms with Crippen LogP contribution in [0.4, 0.5) is 5.82 Å². The van der Waals surface area contributed by atoms with Crippen molar-refractivity contribution in [3.63, 3.8) is 0 Å². The predicted octanol–water partition coefficient (Wildman–Crippen LogP) is 1.71. The van der Waals surface area contributed by atoms with E-state index in [0.717, 1.165) is 30.2 Å². The summed E-state index contributed by atoms with van der Waals surface area (Å²) in [5.74, 6) is 3.01. The largest absolute Gasteiger partial charge is 0.396 e. The first kappa shape index (κ1) is 10.8. The van der Waals surface area contributed by atoms with Crippen LogP contribution >= 0.6 is 0 Å². The molecule has 1 aliphatic carbocycles. The summed E-state index contributed by atoms with van der Waals surface area (Å²) in [5.41, 5.74) is 2.14. The van der Waals surface area contributed by atoms with E-state index in [2.05, 4.69) is 28.6 Å². The van der Waals surface area contributed by atoms with Gasteiger partial charge in [0.25, 0.3) is 0 Å². The van der Waals surface area contributed by atoms with Gasteiger partial charge in [-0.15, -0.1) is 0 Å². The Balaban J connectivity index is 1.75. The minimum atomic E-state index is 0.352. The van der Waals surface area contributed by atoms with Crippen LogP contribution in [0.2, 0.25) is 0 Å². The number of anilines is 1. The Morgan fingerprint density at radius 2 is 2.18 bits per heavy atom. The molecule has 1 aromatic heterocycles. The molecule has 1 aliphatic heterocycles. The number of hydrogen-bond acceptors (Lipinski definition) is 3. The number of fused-ring (bicyclic) bond motifs is 1. The van der Waals surface area contributed by atoms with Crippen LogP contribution in [0.5, 0.6) is 0 Å². The Morgan fingerprint density at radius 1 is 1.47 bits per heavy atom. The van der Waals surface area contributed by atoms with Crippen LogP contribution in [0.3, 0.4) is 0 Å². The maximum absolute atomic E-state index is 9.14. The average molecular weight is 230 g/mol. The molecule has 1 unspecified atom stereocenters. The highest BCUT2D eigenvalue weighted by Crippen LogP contribution is 2.51. The van der Waals surface area contributed by atoms with Crippen LogP contribution in [-0.2, 0) is 0 Å². The lowest BCUT2D eigenvalue weighted by Gasteiger charge is -2.21. The quantitative estimate of drug-likeness (QED) is 0.858. The fourth-order valence-electron chi connectivity index (χ4n) is 3.06. The standard InChI is InChI=1S/C14H18N2O/c1-3-10-4-5-14(15-9(10)2)16-6-11-12(7-16)13(11)8-17/h3-5,11-13,17H,1,6-8H2,2H3/t11-,12+,13?.